The summed E-state index contributed by atoms with van der Waals surface area (Å²) < 4.78 is 4.80. The number of fused-ring (bicyclic) bond motifs is 10. The van der Waals surface area contributed by atoms with E-state index in [-0.39, 0.29) is 16.2 Å². The van der Waals surface area contributed by atoms with Gasteiger partial charge < -0.3 is 9.13 Å². The topological polar surface area (TPSA) is 9.86 Å². The summed E-state index contributed by atoms with van der Waals surface area (Å²) in [6.45, 7) is 25.2. The third kappa shape index (κ3) is 15.6. The van der Waals surface area contributed by atoms with Gasteiger partial charge in [-0.3, -0.25) is 0 Å². The summed E-state index contributed by atoms with van der Waals surface area (Å²) in [5.74, 6) is 0. The number of benzene rings is 21. The van der Waals surface area contributed by atoms with Gasteiger partial charge in [-0.1, -0.05) is 431 Å². The summed E-state index contributed by atoms with van der Waals surface area (Å²) in [7, 11) is 0. The molecular formula is C132H106N2. The van der Waals surface area contributed by atoms with Crippen LogP contribution in [0.4, 0.5) is 0 Å². The molecular weight excluding hydrogens is 1610 g/mol. The Labute approximate surface area is 787 Å². The molecule has 0 atom stereocenters. The van der Waals surface area contributed by atoms with Crippen LogP contribution in [0.3, 0.4) is 0 Å². The molecule has 0 unspecified atom stereocenters. The van der Waals surface area contributed by atoms with E-state index < -0.39 is 0 Å². The summed E-state index contributed by atoms with van der Waals surface area (Å²) in [5, 5.41) is 15.3. The van der Waals surface area contributed by atoms with Crippen LogP contribution >= 0.6 is 0 Å². The Bertz CT molecular complexity index is 8410. The van der Waals surface area contributed by atoms with E-state index >= 15 is 0 Å². The van der Waals surface area contributed by atoms with Gasteiger partial charge in [-0.25, -0.2) is 0 Å². The predicted octanol–water partition coefficient (Wildman–Crippen LogP) is 37.0. The van der Waals surface area contributed by atoms with Crippen molar-refractivity contribution >= 4 is 86.7 Å². The van der Waals surface area contributed by atoms with Gasteiger partial charge in [0.15, 0.2) is 0 Å². The van der Waals surface area contributed by atoms with Gasteiger partial charge >= 0.3 is 0 Å². The van der Waals surface area contributed by atoms with Crippen LogP contribution in [0.5, 0.6) is 0 Å². The van der Waals surface area contributed by atoms with Crippen molar-refractivity contribution in [2.45, 2.75) is 92.4 Å². The van der Waals surface area contributed by atoms with Crippen LogP contribution in [0.1, 0.15) is 90.1 Å². The van der Waals surface area contributed by atoms with Crippen LogP contribution in [0.15, 0.2) is 443 Å². The molecule has 0 saturated carbocycles. The molecule has 134 heavy (non-hydrogen) atoms. The van der Waals surface area contributed by atoms with E-state index in [0.717, 1.165) is 5.69 Å². The Morgan fingerprint density at radius 2 is 0.328 bits per heavy atom. The second-order valence-electron chi connectivity index (χ2n) is 39.7. The summed E-state index contributed by atoms with van der Waals surface area (Å²) >= 11 is 0. The van der Waals surface area contributed by atoms with Crippen LogP contribution in [0, 0.1) is 13.8 Å². The van der Waals surface area contributed by atoms with Crippen molar-refractivity contribution in [3.8, 4) is 134 Å². The van der Waals surface area contributed by atoms with E-state index in [0.29, 0.717) is 0 Å². The van der Waals surface area contributed by atoms with Gasteiger partial charge in [-0.2, -0.15) is 0 Å². The van der Waals surface area contributed by atoms with Gasteiger partial charge in [0.1, 0.15) is 0 Å². The molecule has 0 N–H and O–H groups in total. The molecule has 23 rings (SSSR count). The highest BCUT2D eigenvalue weighted by atomic mass is 15.0. The number of nitrogens with zero attached hydrogens (tertiary/aromatic N) is 2. The average molecular weight is 1720 g/mol. The van der Waals surface area contributed by atoms with Gasteiger partial charge in [0.05, 0.1) is 22.1 Å². The van der Waals surface area contributed by atoms with E-state index in [4.69, 9.17) is 0 Å². The van der Waals surface area contributed by atoms with Crippen molar-refractivity contribution in [3.05, 3.63) is 471 Å². The number of aromatic nitrogens is 2. The Hall–Kier alpha value is -15.7. The SMILES string of the molecule is CC(C)(C)c1ccc2c(-c3ccc(-c4ccc(-c5ccc6c(c5)c5cc(-c7ccccc7)ccc5n6-c5ccccc5)cc4)cc3)c3cc(C(C)(C)C)ccc3c(-c3ccccc3)c2c1.Cc1ccc2c(-c3ccc(-c4ccc(-c5ccc6c(c5)c5cc(C(C)(C)C)ccc5n6-c5ccccc5)cc4)cc3)c3cc(C)ccc3c(-c3ccc(-c4ccc(-c5ccccc5)cc4)cc3)c2c1. The second kappa shape index (κ2) is 33.9. The van der Waals surface area contributed by atoms with E-state index in [2.05, 4.69) is 528 Å². The molecule has 0 radical (unpaired) electrons. The molecule has 0 aliphatic rings. The van der Waals surface area contributed by atoms with E-state index in [1.165, 1.54) is 243 Å². The number of hydrogen-bond donors (Lipinski definition) is 0. The number of para-hydroxylation sites is 2. The van der Waals surface area contributed by atoms with Crippen LogP contribution in [-0.2, 0) is 16.2 Å². The molecule has 644 valence electrons. The molecule has 0 bridgehead atoms. The lowest BCUT2D eigenvalue weighted by atomic mass is 9.79. The van der Waals surface area contributed by atoms with E-state index in [1.54, 1.807) is 0 Å². The molecule has 2 heterocycles. The van der Waals surface area contributed by atoms with Gasteiger partial charge in [-0.15, -0.1) is 0 Å². The molecule has 23 aromatic rings. The van der Waals surface area contributed by atoms with Crippen molar-refractivity contribution in [3.63, 3.8) is 0 Å². The Kier molecular flexibility index (Phi) is 21.2. The molecule has 0 aliphatic heterocycles. The van der Waals surface area contributed by atoms with E-state index in [9.17, 15) is 0 Å². The molecule has 2 nitrogen and oxygen atoms in total. The average Bonchev–Trinajstić information content (AvgIpc) is 1.57. The number of hydrogen-bond acceptors (Lipinski definition) is 0. The minimum absolute atomic E-state index is 0.0120. The van der Waals surface area contributed by atoms with Crippen molar-refractivity contribution in [1.29, 1.82) is 0 Å². The Morgan fingerprint density at radius 3 is 0.612 bits per heavy atom. The van der Waals surface area contributed by atoms with Gasteiger partial charge in [0.25, 0.3) is 0 Å². The second-order valence-corrected chi connectivity index (χ2v) is 39.7. The zero-order chi connectivity index (χ0) is 91.3. The fraction of sp³-hybridized carbons (Fsp3) is 0.106. The summed E-state index contributed by atoms with van der Waals surface area (Å²) in [5.41, 5.74) is 40.9. The molecule has 0 amide bonds. The zero-order valence-corrected chi connectivity index (χ0v) is 78.0. The first-order valence-corrected chi connectivity index (χ1v) is 47.2. The minimum atomic E-state index is 0.0120. The van der Waals surface area contributed by atoms with Crippen LogP contribution < -0.4 is 0 Å². The lowest BCUT2D eigenvalue weighted by molar-refractivity contribution is 0.590. The maximum absolute atomic E-state index is 2.46. The highest BCUT2D eigenvalue weighted by molar-refractivity contribution is 6.24. The molecule has 0 saturated heterocycles. The van der Waals surface area contributed by atoms with Crippen LogP contribution in [-0.4, -0.2) is 9.13 Å². The molecule has 2 aromatic heterocycles. The van der Waals surface area contributed by atoms with Gasteiger partial charge in [-0.05, 0) is 297 Å². The number of rotatable bonds is 13. The standard InChI is InChI=1S/C68H53N.C64H53N/c1-44-17-37-59-62(40-44)66(53-30-26-50(27-31-53)48-20-18-47(19-21-48)46-12-8-6-9-13-46)58-36-16-45(2)41-63(58)67(59)54-32-28-51(29-33-54)49-22-24-52(25-23-49)55-34-38-64-60(42-55)61-43-56(68(3,4)5)35-39-65(61)69(64)57-14-10-7-11-15-57;1-63(2,3)50-33-35-54-57(40-50)61(46-18-12-8-13-19-46)53-34-32-51(64(4,5)6)41-58(53)62(54)47-28-26-44(27-29-47)43-22-24-45(25-23-43)49-31-37-60-56(39-49)55-38-48(42-16-10-7-11-17-42)30-36-59(55)65(60)52-20-14-9-15-21-52/h6-43H,1-5H3;7-41H,1-6H3. The first-order chi connectivity index (χ1) is 65.1. The third-order valence-electron chi connectivity index (χ3n) is 27.8. The lowest BCUT2D eigenvalue weighted by Crippen LogP contribution is -2.11. The molecule has 21 aromatic carbocycles. The maximum atomic E-state index is 2.46. The quantitative estimate of drug-likeness (QED) is 0.102. The number of aryl methyl sites for hydroxylation is 2. The van der Waals surface area contributed by atoms with Crippen molar-refractivity contribution in [2.75, 3.05) is 0 Å². The Balaban J connectivity index is 0.000000156. The van der Waals surface area contributed by atoms with E-state index in [1.807, 2.05) is 0 Å². The monoisotopic (exact) mass is 1720 g/mol. The smallest absolute Gasteiger partial charge is 0.0541 e. The molecule has 2 heteroatoms. The first kappa shape index (κ1) is 83.8. The predicted molar refractivity (Wildman–Crippen MR) is 577 cm³/mol. The molecule has 0 aliphatic carbocycles. The minimum Gasteiger partial charge on any atom is -0.309 e. The normalized spacial score (nSPS) is 12.0. The Morgan fingerprint density at radius 1 is 0.142 bits per heavy atom. The van der Waals surface area contributed by atoms with Gasteiger partial charge in [0, 0.05) is 32.9 Å². The van der Waals surface area contributed by atoms with Crippen LogP contribution in [0.25, 0.3) is 220 Å². The summed E-state index contributed by atoms with van der Waals surface area (Å²) in [4.78, 5) is 0. The molecule has 0 spiro atoms. The zero-order valence-electron chi connectivity index (χ0n) is 78.0. The van der Waals surface area contributed by atoms with Crippen molar-refractivity contribution < 1.29 is 0 Å². The van der Waals surface area contributed by atoms with Crippen molar-refractivity contribution in [1.82, 2.24) is 9.13 Å². The lowest BCUT2D eigenvalue weighted by Gasteiger charge is -2.25. The molecule has 0 fully saturated rings. The van der Waals surface area contributed by atoms with Gasteiger partial charge in [0.2, 0.25) is 0 Å². The first-order valence-electron chi connectivity index (χ1n) is 47.2. The highest BCUT2D eigenvalue weighted by Crippen LogP contribution is 2.50. The maximum Gasteiger partial charge on any atom is 0.0541 e. The summed E-state index contributed by atoms with van der Waals surface area (Å²) in [6, 6.07) is 165. The fourth-order valence-corrected chi connectivity index (χ4v) is 20.5. The fourth-order valence-electron chi connectivity index (χ4n) is 20.5. The third-order valence-corrected chi connectivity index (χ3v) is 27.8. The largest absolute Gasteiger partial charge is 0.309 e. The summed E-state index contributed by atoms with van der Waals surface area (Å²) in [6.07, 6.45) is 0. The highest BCUT2D eigenvalue weighted by Gasteiger charge is 2.27. The van der Waals surface area contributed by atoms with Crippen LogP contribution in [0.2, 0.25) is 0 Å². The van der Waals surface area contributed by atoms with Crippen molar-refractivity contribution in [2.24, 2.45) is 0 Å².